The minimum atomic E-state index is -0.418. The maximum Gasteiger partial charge on any atom is 0.290 e. The number of furan rings is 1. The molecule has 0 saturated carbocycles. The van der Waals surface area contributed by atoms with Gasteiger partial charge >= 0.3 is 0 Å². The third-order valence-electron chi connectivity index (χ3n) is 5.40. The number of rotatable bonds is 10. The van der Waals surface area contributed by atoms with Gasteiger partial charge in [0.15, 0.2) is 5.76 Å². The Morgan fingerprint density at radius 1 is 1.06 bits per heavy atom. The standard InChI is InChI=1S/C27H26N4O5/c1-4-15-30(26(33)24-6-5-16-36-24)18-25(32)29-27-28-23(19-7-11-21(34-2)12-8-19)17-31(27)20-9-13-22(35-3)14-10-20/h4-14,16-17H,1,15,18H2,2-3H3,(H,28,29,32). The molecule has 0 fully saturated rings. The normalized spacial score (nSPS) is 10.5. The number of hydrogen-bond donors (Lipinski definition) is 1. The number of benzene rings is 2. The van der Waals surface area contributed by atoms with Crippen molar-refractivity contribution in [2.45, 2.75) is 0 Å². The Hall–Kier alpha value is -4.79. The molecule has 4 aromatic rings. The van der Waals surface area contributed by atoms with Gasteiger partial charge in [0.05, 0.1) is 26.2 Å². The topological polar surface area (TPSA) is 98.8 Å². The molecule has 0 radical (unpaired) electrons. The van der Waals surface area contributed by atoms with Gasteiger partial charge in [0.25, 0.3) is 5.91 Å². The molecule has 1 N–H and O–H groups in total. The predicted molar refractivity (Wildman–Crippen MR) is 136 cm³/mol. The first kappa shape index (κ1) is 24.3. The highest BCUT2D eigenvalue weighted by Gasteiger charge is 2.21. The molecule has 0 saturated heterocycles. The zero-order valence-electron chi connectivity index (χ0n) is 20.0. The van der Waals surface area contributed by atoms with Crippen molar-refractivity contribution >= 4 is 17.8 Å². The largest absolute Gasteiger partial charge is 0.497 e. The molecule has 0 atom stereocenters. The van der Waals surface area contributed by atoms with Gasteiger partial charge in [0.2, 0.25) is 11.9 Å². The van der Waals surface area contributed by atoms with Crippen molar-refractivity contribution in [2.24, 2.45) is 0 Å². The number of carbonyl (C=O) groups is 2. The maximum atomic E-state index is 13.0. The van der Waals surface area contributed by atoms with Crippen LogP contribution in [-0.2, 0) is 4.79 Å². The van der Waals surface area contributed by atoms with E-state index in [1.807, 2.05) is 54.7 Å². The van der Waals surface area contributed by atoms with E-state index in [0.717, 1.165) is 17.0 Å². The second kappa shape index (κ2) is 11.1. The lowest BCUT2D eigenvalue weighted by atomic mass is 10.1. The molecular weight excluding hydrogens is 460 g/mol. The molecule has 4 rings (SSSR count). The van der Waals surface area contributed by atoms with E-state index in [1.54, 1.807) is 37.0 Å². The Morgan fingerprint density at radius 2 is 1.72 bits per heavy atom. The number of ether oxygens (including phenoxy) is 2. The number of nitrogens with zero attached hydrogens (tertiary/aromatic N) is 3. The number of methoxy groups -OCH3 is 2. The molecule has 0 spiro atoms. The molecule has 9 heteroatoms. The van der Waals surface area contributed by atoms with Crippen LogP contribution in [0.25, 0.3) is 16.9 Å². The Kier molecular flexibility index (Phi) is 7.50. The molecule has 2 aromatic heterocycles. The van der Waals surface area contributed by atoms with Crippen molar-refractivity contribution in [3.8, 4) is 28.4 Å². The third-order valence-corrected chi connectivity index (χ3v) is 5.40. The summed E-state index contributed by atoms with van der Waals surface area (Å²) in [6.45, 7) is 3.65. The number of aromatic nitrogens is 2. The lowest BCUT2D eigenvalue weighted by Crippen LogP contribution is -2.38. The van der Waals surface area contributed by atoms with E-state index in [4.69, 9.17) is 13.9 Å². The lowest BCUT2D eigenvalue weighted by Gasteiger charge is -2.19. The van der Waals surface area contributed by atoms with Crippen molar-refractivity contribution in [1.82, 2.24) is 14.5 Å². The molecule has 0 aliphatic rings. The van der Waals surface area contributed by atoms with Gasteiger partial charge < -0.3 is 18.8 Å². The molecule has 9 nitrogen and oxygen atoms in total. The summed E-state index contributed by atoms with van der Waals surface area (Å²) in [5.41, 5.74) is 2.27. The molecule has 0 aliphatic carbocycles. The van der Waals surface area contributed by atoms with E-state index < -0.39 is 11.8 Å². The number of nitrogens with one attached hydrogen (secondary N) is 1. The average Bonchev–Trinajstić information content (AvgIpc) is 3.59. The highest BCUT2D eigenvalue weighted by molar-refractivity contribution is 5.97. The third kappa shape index (κ3) is 5.47. The van der Waals surface area contributed by atoms with Crippen molar-refractivity contribution in [3.63, 3.8) is 0 Å². The Bertz CT molecular complexity index is 1330. The summed E-state index contributed by atoms with van der Waals surface area (Å²) in [4.78, 5) is 31.8. The van der Waals surface area contributed by atoms with Crippen molar-refractivity contribution in [2.75, 3.05) is 32.6 Å². The van der Waals surface area contributed by atoms with Gasteiger partial charge in [0.1, 0.15) is 18.0 Å². The average molecular weight is 487 g/mol. The van der Waals surface area contributed by atoms with Gasteiger partial charge in [-0.2, -0.15) is 0 Å². The number of imidazole rings is 1. The summed E-state index contributed by atoms with van der Waals surface area (Å²) in [6, 6.07) is 18.0. The quantitative estimate of drug-likeness (QED) is 0.333. The van der Waals surface area contributed by atoms with Crippen molar-refractivity contribution < 1.29 is 23.5 Å². The van der Waals surface area contributed by atoms with Crippen LogP contribution < -0.4 is 14.8 Å². The van der Waals surface area contributed by atoms with Gasteiger partial charge in [-0.05, 0) is 60.7 Å². The maximum absolute atomic E-state index is 13.0. The summed E-state index contributed by atoms with van der Waals surface area (Å²) >= 11 is 0. The van der Waals surface area contributed by atoms with E-state index in [2.05, 4.69) is 16.9 Å². The van der Waals surface area contributed by atoms with Crippen molar-refractivity contribution in [3.05, 3.63) is 91.5 Å². The summed E-state index contributed by atoms with van der Waals surface area (Å²) in [5.74, 6) is 1.05. The van der Waals surface area contributed by atoms with E-state index in [1.165, 1.54) is 11.2 Å². The highest BCUT2D eigenvalue weighted by atomic mass is 16.5. The van der Waals surface area contributed by atoms with E-state index in [0.29, 0.717) is 17.4 Å². The first-order valence-electron chi connectivity index (χ1n) is 11.1. The number of amides is 2. The van der Waals surface area contributed by atoms with Crippen LogP contribution in [-0.4, -0.2) is 53.6 Å². The van der Waals surface area contributed by atoms with Gasteiger partial charge in [-0.1, -0.05) is 6.08 Å². The van der Waals surface area contributed by atoms with Crippen LogP contribution in [0, 0.1) is 0 Å². The Balaban J connectivity index is 1.62. The molecule has 184 valence electrons. The predicted octanol–water partition coefficient (Wildman–Crippen LogP) is 4.42. The summed E-state index contributed by atoms with van der Waals surface area (Å²) in [6.07, 6.45) is 4.79. The van der Waals surface area contributed by atoms with Gasteiger partial charge in [0, 0.05) is 24.0 Å². The summed E-state index contributed by atoms with van der Waals surface area (Å²) < 4.78 is 17.5. The number of carbonyl (C=O) groups excluding carboxylic acids is 2. The van der Waals surface area contributed by atoms with Crippen LogP contribution in [0.2, 0.25) is 0 Å². The Morgan fingerprint density at radius 3 is 2.31 bits per heavy atom. The molecule has 0 unspecified atom stereocenters. The fourth-order valence-electron chi connectivity index (χ4n) is 3.58. The smallest absolute Gasteiger partial charge is 0.290 e. The molecule has 0 bridgehead atoms. The monoisotopic (exact) mass is 486 g/mol. The zero-order chi connectivity index (χ0) is 25.5. The fraction of sp³-hybridized carbons (Fsp3) is 0.148. The first-order valence-corrected chi connectivity index (χ1v) is 11.1. The fourth-order valence-corrected chi connectivity index (χ4v) is 3.58. The number of hydrogen-bond acceptors (Lipinski definition) is 6. The van der Waals surface area contributed by atoms with Gasteiger partial charge in [-0.3, -0.25) is 19.5 Å². The molecule has 2 amide bonds. The Labute approximate surface area is 208 Å². The van der Waals surface area contributed by atoms with Crippen LogP contribution in [0.5, 0.6) is 11.5 Å². The van der Waals surface area contributed by atoms with Crippen molar-refractivity contribution in [1.29, 1.82) is 0 Å². The molecule has 0 aliphatic heterocycles. The summed E-state index contributed by atoms with van der Waals surface area (Å²) in [5, 5.41) is 2.84. The van der Waals surface area contributed by atoms with Gasteiger partial charge in [-0.25, -0.2) is 4.98 Å². The van der Waals surface area contributed by atoms with Crippen LogP contribution in [0.3, 0.4) is 0 Å². The van der Waals surface area contributed by atoms with Crippen LogP contribution in [0.4, 0.5) is 5.95 Å². The second-order valence-corrected chi connectivity index (χ2v) is 7.75. The van der Waals surface area contributed by atoms with E-state index >= 15 is 0 Å². The van der Waals surface area contributed by atoms with E-state index in [9.17, 15) is 9.59 Å². The summed E-state index contributed by atoms with van der Waals surface area (Å²) in [7, 11) is 3.20. The molecule has 36 heavy (non-hydrogen) atoms. The molecular formula is C27H26N4O5. The minimum Gasteiger partial charge on any atom is -0.497 e. The highest BCUT2D eigenvalue weighted by Crippen LogP contribution is 2.27. The lowest BCUT2D eigenvalue weighted by molar-refractivity contribution is -0.116. The van der Waals surface area contributed by atoms with Gasteiger partial charge in [-0.15, -0.1) is 6.58 Å². The SMILES string of the molecule is C=CCN(CC(=O)Nc1nc(-c2ccc(OC)cc2)cn1-c1ccc(OC)cc1)C(=O)c1ccco1. The van der Waals surface area contributed by atoms with Crippen LogP contribution in [0.1, 0.15) is 10.6 Å². The van der Waals surface area contributed by atoms with E-state index in [-0.39, 0.29) is 18.8 Å². The number of anilines is 1. The molecule has 2 aromatic carbocycles. The second-order valence-electron chi connectivity index (χ2n) is 7.75. The van der Waals surface area contributed by atoms with Crippen LogP contribution >= 0.6 is 0 Å². The minimum absolute atomic E-state index is 0.145. The van der Waals surface area contributed by atoms with Crippen LogP contribution in [0.15, 0.2) is 90.2 Å². The first-order chi connectivity index (χ1) is 17.5. The molecule has 2 heterocycles. The zero-order valence-corrected chi connectivity index (χ0v) is 20.0.